The topological polar surface area (TPSA) is 69.9 Å². The van der Waals surface area contributed by atoms with Crippen molar-refractivity contribution < 1.29 is 8.83 Å². The second-order valence-corrected chi connectivity index (χ2v) is 14.4. The van der Waals surface area contributed by atoms with E-state index in [1.165, 1.54) is 5.56 Å². The highest BCUT2D eigenvalue weighted by Gasteiger charge is 2.20. The van der Waals surface area contributed by atoms with E-state index in [9.17, 15) is 0 Å². The average molecular weight is 731 g/mol. The van der Waals surface area contributed by atoms with E-state index in [1.807, 2.05) is 66.7 Å². The van der Waals surface area contributed by atoms with E-state index in [4.69, 9.17) is 23.8 Å². The smallest absolute Gasteiger partial charge is 0.167 e. The minimum absolute atomic E-state index is 0.557. The van der Waals surface area contributed by atoms with Gasteiger partial charge >= 0.3 is 0 Å². The van der Waals surface area contributed by atoms with Gasteiger partial charge in [0.25, 0.3) is 0 Å². The minimum atomic E-state index is 0.557. The lowest BCUT2D eigenvalue weighted by Gasteiger charge is -2.10. The van der Waals surface area contributed by atoms with Gasteiger partial charge in [0.05, 0.1) is 16.6 Å². The summed E-state index contributed by atoms with van der Waals surface area (Å²) in [6.45, 7) is 0. The minimum Gasteiger partial charge on any atom is -0.456 e. The van der Waals surface area contributed by atoms with Gasteiger partial charge in [-0.2, -0.15) is 0 Å². The maximum Gasteiger partial charge on any atom is 0.167 e. The molecular weight excluding hydrogens is 701 g/mol. The summed E-state index contributed by atoms with van der Waals surface area (Å²) in [5, 5.41) is 6.50. The molecule has 0 N–H and O–H groups in total. The molecule has 8 aromatic carbocycles. The molecule has 0 aliphatic carbocycles. The van der Waals surface area contributed by atoms with Crippen LogP contribution in [0.5, 0.6) is 0 Å². The highest BCUT2D eigenvalue weighted by Crippen LogP contribution is 2.39. The fourth-order valence-electron chi connectivity index (χ4n) is 8.37. The molecular formula is C51H30N4O2. The number of nitrogens with zero attached hydrogens (tertiary/aromatic N) is 4. The monoisotopic (exact) mass is 730 g/mol. The molecule has 0 amide bonds. The molecule has 0 aliphatic rings. The zero-order valence-corrected chi connectivity index (χ0v) is 30.4. The standard InChI is InChI=1S/C51H30N4O2/c1-3-12-31(13-4-1)33-23-26-46-41(28-33)42-30-35(24-27-47(42)56-46)55-43-20-9-7-16-36(43)40-29-34(22-25-44(40)55)50-52-49(32-14-5-2-6-15-32)53-51(54-50)39-19-11-18-38-37-17-8-10-21-45(37)57-48(38)39/h1-30H. The van der Waals surface area contributed by atoms with Gasteiger partial charge in [0.1, 0.15) is 22.3 Å². The third kappa shape index (κ3) is 5.01. The van der Waals surface area contributed by atoms with Crippen LogP contribution in [0, 0.1) is 0 Å². The molecule has 0 saturated heterocycles. The van der Waals surface area contributed by atoms with Crippen LogP contribution in [0.4, 0.5) is 0 Å². The van der Waals surface area contributed by atoms with Gasteiger partial charge in [0.15, 0.2) is 17.5 Å². The Morgan fingerprint density at radius 2 is 0.930 bits per heavy atom. The van der Waals surface area contributed by atoms with Gasteiger partial charge in [0, 0.05) is 49.1 Å². The number of hydrogen-bond acceptors (Lipinski definition) is 5. The Bertz CT molecular complexity index is 3530. The van der Waals surface area contributed by atoms with Crippen LogP contribution in [-0.2, 0) is 0 Å². The number of hydrogen-bond donors (Lipinski definition) is 0. The molecule has 57 heavy (non-hydrogen) atoms. The predicted octanol–water partition coefficient (Wildman–Crippen LogP) is 13.4. The zero-order valence-electron chi connectivity index (χ0n) is 30.4. The molecule has 4 heterocycles. The fraction of sp³-hybridized carbons (Fsp3) is 0. The molecule has 6 nitrogen and oxygen atoms in total. The summed E-state index contributed by atoms with van der Waals surface area (Å²) in [5.74, 6) is 1.75. The van der Waals surface area contributed by atoms with Crippen molar-refractivity contribution >= 4 is 65.7 Å². The van der Waals surface area contributed by atoms with Crippen molar-refractivity contribution in [1.82, 2.24) is 19.5 Å². The van der Waals surface area contributed by atoms with E-state index in [2.05, 4.69) is 120 Å². The molecule has 0 fully saturated rings. The van der Waals surface area contributed by atoms with Crippen LogP contribution >= 0.6 is 0 Å². The Morgan fingerprint density at radius 3 is 1.77 bits per heavy atom. The van der Waals surface area contributed by atoms with E-state index in [0.29, 0.717) is 17.5 Å². The summed E-state index contributed by atoms with van der Waals surface area (Å²) >= 11 is 0. The Labute approximate surface area is 325 Å². The highest BCUT2D eigenvalue weighted by atomic mass is 16.3. The second kappa shape index (κ2) is 12.3. The quantitative estimate of drug-likeness (QED) is 0.176. The summed E-state index contributed by atoms with van der Waals surface area (Å²) in [6.07, 6.45) is 0. The van der Waals surface area contributed by atoms with Gasteiger partial charge in [-0.25, -0.2) is 15.0 Å². The van der Waals surface area contributed by atoms with E-state index in [0.717, 1.165) is 93.6 Å². The molecule has 0 aliphatic heterocycles. The number of aromatic nitrogens is 4. The second-order valence-electron chi connectivity index (χ2n) is 14.4. The van der Waals surface area contributed by atoms with Crippen LogP contribution in [-0.4, -0.2) is 19.5 Å². The van der Waals surface area contributed by atoms with Crippen molar-refractivity contribution in [3.05, 3.63) is 182 Å². The van der Waals surface area contributed by atoms with Gasteiger partial charge in [0.2, 0.25) is 0 Å². The lowest BCUT2D eigenvalue weighted by molar-refractivity contribution is 0.668. The van der Waals surface area contributed by atoms with Gasteiger partial charge in [-0.3, -0.25) is 0 Å². The van der Waals surface area contributed by atoms with Gasteiger partial charge in [-0.1, -0.05) is 115 Å². The lowest BCUT2D eigenvalue weighted by Crippen LogP contribution is -2.00. The molecule has 0 saturated carbocycles. The van der Waals surface area contributed by atoms with Crippen molar-refractivity contribution in [2.45, 2.75) is 0 Å². The first kappa shape index (κ1) is 31.5. The number of furan rings is 2. The Morgan fingerprint density at radius 1 is 0.333 bits per heavy atom. The van der Waals surface area contributed by atoms with Crippen molar-refractivity contribution in [2.75, 3.05) is 0 Å². The summed E-state index contributed by atoms with van der Waals surface area (Å²) in [4.78, 5) is 15.3. The van der Waals surface area contributed by atoms with E-state index < -0.39 is 0 Å². The molecule has 266 valence electrons. The molecule has 0 spiro atoms. The van der Waals surface area contributed by atoms with Gasteiger partial charge in [-0.15, -0.1) is 0 Å². The molecule has 6 heteroatoms. The number of rotatable bonds is 5. The van der Waals surface area contributed by atoms with E-state index >= 15 is 0 Å². The van der Waals surface area contributed by atoms with Crippen LogP contribution in [0.1, 0.15) is 0 Å². The average Bonchev–Trinajstić information content (AvgIpc) is 3.95. The summed E-state index contributed by atoms with van der Waals surface area (Å²) < 4.78 is 15.1. The first-order chi connectivity index (χ1) is 28.2. The largest absolute Gasteiger partial charge is 0.456 e. The van der Waals surface area contributed by atoms with Gasteiger partial charge in [-0.05, 0) is 77.9 Å². The number of benzene rings is 8. The molecule has 12 aromatic rings. The Hall–Kier alpha value is -7.83. The Kier molecular flexibility index (Phi) is 6.83. The molecule has 4 aromatic heterocycles. The van der Waals surface area contributed by atoms with Crippen molar-refractivity contribution in [3.63, 3.8) is 0 Å². The van der Waals surface area contributed by atoms with Crippen molar-refractivity contribution in [2.24, 2.45) is 0 Å². The summed E-state index contributed by atoms with van der Waals surface area (Å²) in [5.41, 5.74) is 11.5. The molecule has 0 bridgehead atoms. The SMILES string of the molecule is c1ccc(-c2ccc3oc4ccc(-n5c6ccccc6c6cc(-c7nc(-c8ccccc8)nc(-c8cccc9c8oc8ccccc89)n7)ccc65)cc4c3c2)cc1. The third-order valence-electron chi connectivity index (χ3n) is 11.1. The van der Waals surface area contributed by atoms with Crippen molar-refractivity contribution in [3.8, 4) is 51.0 Å². The summed E-state index contributed by atoms with van der Waals surface area (Å²) in [6, 6.07) is 62.8. The highest BCUT2D eigenvalue weighted by molar-refractivity contribution is 6.12. The Balaban J connectivity index is 1.04. The first-order valence-corrected chi connectivity index (χ1v) is 19.0. The third-order valence-corrected chi connectivity index (χ3v) is 11.1. The fourth-order valence-corrected chi connectivity index (χ4v) is 8.37. The van der Waals surface area contributed by atoms with E-state index in [-0.39, 0.29) is 0 Å². The summed E-state index contributed by atoms with van der Waals surface area (Å²) in [7, 11) is 0. The normalized spacial score (nSPS) is 11.9. The molecule has 0 atom stereocenters. The number of para-hydroxylation sites is 3. The first-order valence-electron chi connectivity index (χ1n) is 19.0. The maximum absolute atomic E-state index is 6.44. The van der Waals surface area contributed by atoms with Crippen LogP contribution in [0.3, 0.4) is 0 Å². The maximum atomic E-state index is 6.44. The van der Waals surface area contributed by atoms with Crippen LogP contribution in [0.25, 0.3) is 117 Å². The van der Waals surface area contributed by atoms with Crippen LogP contribution in [0.15, 0.2) is 191 Å². The molecule has 12 rings (SSSR count). The van der Waals surface area contributed by atoms with Crippen LogP contribution < -0.4 is 0 Å². The lowest BCUT2D eigenvalue weighted by atomic mass is 10.0. The van der Waals surface area contributed by atoms with Gasteiger partial charge < -0.3 is 13.4 Å². The van der Waals surface area contributed by atoms with Crippen molar-refractivity contribution in [1.29, 1.82) is 0 Å². The molecule has 0 radical (unpaired) electrons. The van der Waals surface area contributed by atoms with E-state index in [1.54, 1.807) is 0 Å². The number of fused-ring (bicyclic) bond motifs is 9. The predicted molar refractivity (Wildman–Crippen MR) is 230 cm³/mol. The molecule has 0 unspecified atom stereocenters. The van der Waals surface area contributed by atoms with Crippen LogP contribution in [0.2, 0.25) is 0 Å². The zero-order chi connectivity index (χ0) is 37.5.